The highest BCUT2D eigenvalue weighted by Gasteiger charge is 2.29. The van der Waals surface area contributed by atoms with Gasteiger partial charge in [-0.3, -0.25) is 0 Å². The average molecular weight is 672 g/mol. The molecule has 2 fully saturated rings. The minimum Gasteiger partial charge on any atom is -0.494 e. The van der Waals surface area contributed by atoms with Gasteiger partial charge in [0.2, 0.25) is 5.95 Å². The van der Waals surface area contributed by atoms with Crippen molar-refractivity contribution in [2.75, 3.05) is 75.4 Å². The fraction of sp³-hybridized carbons (Fsp3) is 0.484. The summed E-state index contributed by atoms with van der Waals surface area (Å²) in [5, 5.41) is 7.31. The smallest absolute Gasteiger partial charge is 0.229 e. The van der Waals surface area contributed by atoms with Gasteiger partial charge in [-0.05, 0) is 98.7 Å². The van der Waals surface area contributed by atoms with Gasteiger partial charge in [0.1, 0.15) is 31.9 Å². The molecule has 0 atom stereocenters. The summed E-state index contributed by atoms with van der Waals surface area (Å²) in [5.74, 6) is 2.78. The van der Waals surface area contributed by atoms with E-state index < -0.39 is 7.14 Å². The van der Waals surface area contributed by atoms with E-state index in [0.29, 0.717) is 58.0 Å². The van der Waals surface area contributed by atoms with Gasteiger partial charge in [-0.25, -0.2) is 4.98 Å². The number of piperidine rings is 1. The summed E-state index contributed by atoms with van der Waals surface area (Å²) in [7, 11) is -1.06. The molecule has 230 valence electrons. The quantitative estimate of drug-likeness (QED) is 0.272. The Morgan fingerprint density at radius 3 is 2.49 bits per heavy atom. The predicted molar refractivity (Wildman–Crippen MR) is 177 cm³/mol. The lowest BCUT2D eigenvalue weighted by atomic mass is 10.0. The minimum atomic E-state index is -2.74. The Labute approximate surface area is 262 Å². The van der Waals surface area contributed by atoms with Crippen LogP contribution >= 0.6 is 23.1 Å². The third kappa shape index (κ3) is 6.44. The molecule has 6 rings (SSSR count). The van der Waals surface area contributed by atoms with Crippen LogP contribution in [0.2, 0.25) is 0 Å². The van der Waals surface area contributed by atoms with E-state index in [1.165, 1.54) is 50.0 Å². The average Bonchev–Trinajstić information content (AvgIpc) is 3.54. The standard InChI is InChI=1S/C31H40BrN6O4P/c1-20-17-24(27(40-2)18-25(20)38-13-9-21(10-14-38)37-11-5-6-12-37)35-31-33-19-22(32)30(36-31)34-23-7-8-26-28(42-16-15-41-26)29(23)43(3,4)39/h7-8,17-19,21H,5-6,9-16H2,1-4H3,(H2,33,34,35,36). The van der Waals surface area contributed by atoms with E-state index in [0.717, 1.165) is 24.5 Å². The summed E-state index contributed by atoms with van der Waals surface area (Å²) in [4.78, 5) is 14.4. The number of methoxy groups -OCH3 is 1. The van der Waals surface area contributed by atoms with Crippen molar-refractivity contribution in [1.29, 1.82) is 0 Å². The topological polar surface area (TPSA) is 101 Å². The number of halogens is 1. The summed E-state index contributed by atoms with van der Waals surface area (Å²) in [6, 6.07) is 8.60. The summed E-state index contributed by atoms with van der Waals surface area (Å²) >= 11 is 3.57. The van der Waals surface area contributed by atoms with Crippen LogP contribution in [-0.2, 0) is 4.57 Å². The number of anilines is 5. The number of aromatic nitrogens is 2. The zero-order chi connectivity index (χ0) is 30.1. The van der Waals surface area contributed by atoms with Gasteiger partial charge < -0.3 is 39.2 Å². The third-order valence-electron chi connectivity index (χ3n) is 8.45. The number of nitrogens with zero attached hydrogens (tertiary/aromatic N) is 4. The van der Waals surface area contributed by atoms with Crippen molar-refractivity contribution < 1.29 is 18.8 Å². The van der Waals surface area contributed by atoms with E-state index in [-0.39, 0.29) is 0 Å². The normalized spacial score (nSPS) is 17.7. The fourth-order valence-corrected chi connectivity index (χ4v) is 8.03. The van der Waals surface area contributed by atoms with Crippen LogP contribution < -0.4 is 35.0 Å². The summed E-state index contributed by atoms with van der Waals surface area (Å²) in [6.07, 6.45) is 6.75. The van der Waals surface area contributed by atoms with Gasteiger partial charge in [0.15, 0.2) is 11.5 Å². The van der Waals surface area contributed by atoms with Crippen LogP contribution in [0.5, 0.6) is 17.2 Å². The van der Waals surface area contributed by atoms with Crippen LogP contribution in [-0.4, -0.2) is 80.7 Å². The molecule has 12 heteroatoms. The lowest BCUT2D eigenvalue weighted by molar-refractivity contribution is 0.173. The molecule has 0 saturated carbocycles. The molecule has 2 N–H and O–H groups in total. The van der Waals surface area contributed by atoms with Crippen molar-refractivity contribution in [1.82, 2.24) is 14.9 Å². The van der Waals surface area contributed by atoms with Crippen molar-refractivity contribution >= 4 is 57.2 Å². The van der Waals surface area contributed by atoms with Crippen molar-refractivity contribution in [3.8, 4) is 17.2 Å². The van der Waals surface area contributed by atoms with E-state index >= 15 is 0 Å². The molecule has 0 radical (unpaired) electrons. The second-order valence-corrected chi connectivity index (χ2v) is 15.8. The number of hydrogen-bond acceptors (Lipinski definition) is 10. The number of benzene rings is 2. The van der Waals surface area contributed by atoms with Crippen molar-refractivity contribution in [3.05, 3.63) is 40.5 Å². The molecule has 3 aliphatic rings. The zero-order valence-corrected chi connectivity index (χ0v) is 27.8. The highest BCUT2D eigenvalue weighted by molar-refractivity contribution is 9.10. The van der Waals surface area contributed by atoms with Crippen LogP contribution in [0, 0.1) is 6.92 Å². The van der Waals surface area contributed by atoms with Crippen LogP contribution in [0.25, 0.3) is 0 Å². The van der Waals surface area contributed by atoms with Gasteiger partial charge in [-0.1, -0.05) is 0 Å². The highest BCUT2D eigenvalue weighted by atomic mass is 79.9. The first kappa shape index (κ1) is 30.0. The Morgan fingerprint density at radius 1 is 1.02 bits per heavy atom. The molecular weight excluding hydrogens is 631 g/mol. The van der Waals surface area contributed by atoms with Crippen LogP contribution in [0.4, 0.5) is 28.8 Å². The number of ether oxygens (including phenoxy) is 3. The van der Waals surface area contributed by atoms with Crippen LogP contribution in [0.3, 0.4) is 0 Å². The van der Waals surface area contributed by atoms with Crippen LogP contribution in [0.15, 0.2) is 34.9 Å². The summed E-state index contributed by atoms with van der Waals surface area (Å²) in [6.45, 7) is 11.1. The molecule has 2 saturated heterocycles. The molecule has 43 heavy (non-hydrogen) atoms. The Balaban J connectivity index is 1.22. The molecule has 2 aromatic carbocycles. The Hall–Kier alpha value is -3.01. The third-order valence-corrected chi connectivity index (χ3v) is 10.5. The Morgan fingerprint density at radius 2 is 1.77 bits per heavy atom. The predicted octanol–water partition coefficient (Wildman–Crippen LogP) is 6.13. The van der Waals surface area contributed by atoms with Gasteiger partial charge in [-0.2, -0.15) is 4.98 Å². The molecular formula is C31H40BrN6O4P. The molecule has 0 amide bonds. The molecule has 3 aromatic rings. The fourth-order valence-electron chi connectivity index (χ4n) is 6.36. The number of fused-ring (bicyclic) bond motifs is 1. The monoisotopic (exact) mass is 670 g/mol. The second kappa shape index (κ2) is 12.5. The summed E-state index contributed by atoms with van der Waals surface area (Å²) < 4.78 is 31.5. The van der Waals surface area contributed by atoms with Crippen molar-refractivity contribution in [2.45, 2.75) is 38.6 Å². The highest BCUT2D eigenvalue weighted by Crippen LogP contribution is 2.47. The molecule has 4 heterocycles. The van der Waals surface area contributed by atoms with E-state index in [4.69, 9.17) is 19.2 Å². The van der Waals surface area contributed by atoms with Crippen LogP contribution in [0.1, 0.15) is 31.2 Å². The number of likely N-dealkylation sites (tertiary alicyclic amines) is 1. The molecule has 10 nitrogen and oxygen atoms in total. The molecule has 0 aliphatic carbocycles. The van der Waals surface area contributed by atoms with Gasteiger partial charge in [0, 0.05) is 37.1 Å². The van der Waals surface area contributed by atoms with Crippen molar-refractivity contribution in [2.24, 2.45) is 0 Å². The van der Waals surface area contributed by atoms with Gasteiger partial charge >= 0.3 is 0 Å². The molecule has 0 bridgehead atoms. The number of hydrogen-bond donors (Lipinski definition) is 2. The minimum absolute atomic E-state index is 0.401. The SMILES string of the molecule is COc1cc(N2CCC(N3CCCC3)CC2)c(C)cc1Nc1ncc(Br)c(Nc2ccc3c(c2P(C)(C)=O)OCCO3)n1. The lowest BCUT2D eigenvalue weighted by Crippen LogP contribution is -2.44. The molecule has 1 aromatic heterocycles. The molecule has 0 unspecified atom stereocenters. The summed E-state index contributed by atoms with van der Waals surface area (Å²) in [5.41, 5.74) is 3.81. The Bertz CT molecular complexity index is 1540. The van der Waals surface area contributed by atoms with Gasteiger partial charge in [0.05, 0.1) is 28.3 Å². The maximum absolute atomic E-state index is 13.4. The molecule has 3 aliphatic heterocycles. The maximum Gasteiger partial charge on any atom is 0.229 e. The largest absolute Gasteiger partial charge is 0.494 e. The van der Waals surface area contributed by atoms with E-state index in [2.05, 4.69) is 60.4 Å². The first-order chi connectivity index (χ1) is 20.7. The van der Waals surface area contributed by atoms with Gasteiger partial charge in [0.25, 0.3) is 0 Å². The first-order valence-electron chi connectivity index (χ1n) is 14.9. The van der Waals surface area contributed by atoms with Crippen molar-refractivity contribution in [3.63, 3.8) is 0 Å². The van der Waals surface area contributed by atoms with E-state index in [9.17, 15) is 4.57 Å². The Kier molecular flexibility index (Phi) is 8.76. The van der Waals surface area contributed by atoms with Gasteiger partial charge in [-0.15, -0.1) is 0 Å². The first-order valence-corrected chi connectivity index (χ1v) is 18.3. The maximum atomic E-state index is 13.4. The zero-order valence-electron chi connectivity index (χ0n) is 25.3. The number of nitrogens with one attached hydrogen (secondary N) is 2. The van der Waals surface area contributed by atoms with E-state index in [1.807, 2.05) is 12.1 Å². The second-order valence-electron chi connectivity index (χ2n) is 11.8. The molecule has 0 spiro atoms. The van der Waals surface area contributed by atoms with E-state index in [1.54, 1.807) is 26.6 Å². The number of aryl methyl sites for hydroxylation is 1. The number of rotatable bonds is 8. The lowest BCUT2D eigenvalue weighted by Gasteiger charge is -2.38.